The third kappa shape index (κ3) is 3.79. The molecule has 1 N–H and O–H groups in total. The molecule has 6 aromatic carbocycles. The second-order valence-electron chi connectivity index (χ2n) is 10.3. The lowest BCUT2D eigenvalue weighted by Crippen LogP contribution is -2.28. The van der Waals surface area contributed by atoms with E-state index >= 15 is 0 Å². The number of nitrogens with one attached hydrogen (secondary N) is 1. The molecule has 0 saturated heterocycles. The van der Waals surface area contributed by atoms with Crippen LogP contribution < -0.4 is 5.32 Å². The maximum Gasteiger partial charge on any atom is 0.0714 e. The van der Waals surface area contributed by atoms with Crippen LogP contribution >= 0.6 is 0 Å². The number of para-hydroxylation sites is 1. The van der Waals surface area contributed by atoms with Gasteiger partial charge in [0.05, 0.1) is 5.41 Å². The summed E-state index contributed by atoms with van der Waals surface area (Å²) in [6, 6.07) is 54.6. The van der Waals surface area contributed by atoms with Gasteiger partial charge in [0.2, 0.25) is 0 Å². The summed E-state index contributed by atoms with van der Waals surface area (Å²) in [6.45, 7) is 3.95. The van der Waals surface area contributed by atoms with Crippen LogP contribution in [-0.2, 0) is 5.41 Å². The van der Waals surface area contributed by atoms with Crippen LogP contribution in [0.5, 0.6) is 0 Å². The van der Waals surface area contributed by atoms with Crippen LogP contribution in [0.2, 0.25) is 0 Å². The topological polar surface area (TPSA) is 12.0 Å². The molecule has 0 radical (unpaired) electrons. The maximum absolute atomic E-state index is 3.95. The van der Waals surface area contributed by atoms with Crippen molar-refractivity contribution in [2.24, 2.45) is 0 Å². The van der Waals surface area contributed by atoms with Crippen molar-refractivity contribution in [3.63, 3.8) is 0 Å². The molecule has 1 nitrogen and oxygen atoms in total. The monoisotopic (exact) mass is 511 g/mol. The summed E-state index contributed by atoms with van der Waals surface area (Å²) >= 11 is 0. The number of fused-ring (bicyclic) bond motifs is 3. The molecule has 40 heavy (non-hydrogen) atoms. The van der Waals surface area contributed by atoms with Crippen molar-refractivity contribution in [1.29, 1.82) is 0 Å². The summed E-state index contributed by atoms with van der Waals surface area (Å²) in [5.41, 5.74) is 12.9. The number of benzene rings is 6. The standard InChI is InChI=1S/C39H29N/c1-2-28-14-13-15-29(26-28)33-20-10-12-23-38(33)40-32-24-25-35-34-21-9-11-22-36(34)39(37(35)27-32,30-16-5-3-6-17-30)31-18-7-4-8-19-31/h2-27,40H,1H2. The Morgan fingerprint density at radius 3 is 1.85 bits per heavy atom. The molecule has 0 aliphatic heterocycles. The third-order valence-electron chi connectivity index (χ3n) is 8.10. The molecular formula is C39H29N. The van der Waals surface area contributed by atoms with Gasteiger partial charge in [-0.05, 0) is 68.8 Å². The fourth-order valence-corrected chi connectivity index (χ4v) is 6.35. The van der Waals surface area contributed by atoms with Crippen LogP contribution in [0.4, 0.5) is 11.4 Å². The third-order valence-corrected chi connectivity index (χ3v) is 8.10. The van der Waals surface area contributed by atoms with E-state index < -0.39 is 5.41 Å². The van der Waals surface area contributed by atoms with E-state index in [4.69, 9.17) is 0 Å². The predicted octanol–water partition coefficient (Wildman–Crippen LogP) is 10.1. The highest BCUT2D eigenvalue weighted by Crippen LogP contribution is 2.56. The van der Waals surface area contributed by atoms with E-state index in [9.17, 15) is 0 Å². The van der Waals surface area contributed by atoms with Crippen molar-refractivity contribution in [3.8, 4) is 22.3 Å². The van der Waals surface area contributed by atoms with Crippen molar-refractivity contribution >= 4 is 17.5 Å². The van der Waals surface area contributed by atoms with Crippen LogP contribution in [0.1, 0.15) is 27.8 Å². The van der Waals surface area contributed by atoms with Gasteiger partial charge in [-0.25, -0.2) is 0 Å². The summed E-state index contributed by atoms with van der Waals surface area (Å²) in [7, 11) is 0. The lowest BCUT2D eigenvalue weighted by atomic mass is 9.67. The highest BCUT2D eigenvalue weighted by atomic mass is 14.9. The van der Waals surface area contributed by atoms with E-state index in [-0.39, 0.29) is 0 Å². The van der Waals surface area contributed by atoms with Gasteiger partial charge in [-0.3, -0.25) is 0 Å². The zero-order chi connectivity index (χ0) is 26.9. The first-order valence-corrected chi connectivity index (χ1v) is 13.7. The molecule has 0 saturated carbocycles. The van der Waals surface area contributed by atoms with Gasteiger partial charge in [0.25, 0.3) is 0 Å². The summed E-state index contributed by atoms with van der Waals surface area (Å²) in [4.78, 5) is 0. The molecule has 0 amide bonds. The fourth-order valence-electron chi connectivity index (χ4n) is 6.35. The Hall–Kier alpha value is -5.14. The van der Waals surface area contributed by atoms with Crippen LogP contribution in [0.3, 0.4) is 0 Å². The molecule has 0 fully saturated rings. The fraction of sp³-hybridized carbons (Fsp3) is 0.0256. The summed E-state index contributed by atoms with van der Waals surface area (Å²) in [5.74, 6) is 0. The molecule has 0 aromatic heterocycles. The molecule has 7 rings (SSSR count). The van der Waals surface area contributed by atoms with Gasteiger partial charge in [0, 0.05) is 16.9 Å². The number of hydrogen-bond donors (Lipinski definition) is 1. The lowest BCUT2D eigenvalue weighted by Gasteiger charge is -2.34. The minimum Gasteiger partial charge on any atom is -0.355 e. The van der Waals surface area contributed by atoms with E-state index in [0.29, 0.717) is 0 Å². The molecule has 6 aromatic rings. The van der Waals surface area contributed by atoms with E-state index in [1.165, 1.54) is 33.4 Å². The normalized spacial score (nSPS) is 12.8. The van der Waals surface area contributed by atoms with Gasteiger partial charge in [0.15, 0.2) is 0 Å². The molecule has 0 heterocycles. The summed E-state index contributed by atoms with van der Waals surface area (Å²) in [5, 5.41) is 3.78. The van der Waals surface area contributed by atoms with Gasteiger partial charge in [-0.1, -0.05) is 140 Å². The first-order valence-electron chi connectivity index (χ1n) is 13.7. The van der Waals surface area contributed by atoms with E-state index in [2.05, 4.69) is 164 Å². The van der Waals surface area contributed by atoms with Crippen molar-refractivity contribution in [2.45, 2.75) is 5.41 Å². The minimum absolute atomic E-state index is 0.413. The Labute approximate surface area is 236 Å². The average Bonchev–Trinajstić information content (AvgIpc) is 3.32. The van der Waals surface area contributed by atoms with Crippen LogP contribution in [0.15, 0.2) is 158 Å². The SMILES string of the molecule is C=Cc1cccc(-c2ccccc2Nc2ccc3c(c2)C(c2ccccc2)(c2ccccc2)c2ccccc2-3)c1. The first-order chi connectivity index (χ1) is 19.8. The van der Waals surface area contributed by atoms with Crippen molar-refractivity contribution < 1.29 is 0 Å². The number of anilines is 2. The van der Waals surface area contributed by atoms with Crippen LogP contribution in [0, 0.1) is 0 Å². The smallest absolute Gasteiger partial charge is 0.0714 e. The Balaban J connectivity index is 1.42. The van der Waals surface area contributed by atoms with Gasteiger partial charge in [0.1, 0.15) is 0 Å². The summed E-state index contributed by atoms with van der Waals surface area (Å²) in [6.07, 6.45) is 1.89. The Bertz CT molecular complexity index is 1790. The van der Waals surface area contributed by atoms with Crippen molar-refractivity contribution in [2.75, 3.05) is 5.32 Å². The average molecular weight is 512 g/mol. The maximum atomic E-state index is 3.95. The Morgan fingerprint density at radius 2 is 1.12 bits per heavy atom. The van der Waals surface area contributed by atoms with E-state index in [1.54, 1.807) is 0 Å². The van der Waals surface area contributed by atoms with Crippen molar-refractivity contribution in [3.05, 3.63) is 186 Å². The second-order valence-corrected chi connectivity index (χ2v) is 10.3. The van der Waals surface area contributed by atoms with E-state index in [1.807, 2.05) is 6.08 Å². The Kier molecular flexibility index (Phi) is 5.91. The largest absolute Gasteiger partial charge is 0.355 e. The van der Waals surface area contributed by atoms with E-state index in [0.717, 1.165) is 28.1 Å². The molecule has 1 aliphatic carbocycles. The molecule has 0 spiro atoms. The minimum atomic E-state index is -0.413. The molecule has 1 heteroatoms. The van der Waals surface area contributed by atoms with Crippen LogP contribution in [0.25, 0.3) is 28.3 Å². The number of rotatable bonds is 6. The molecular weight excluding hydrogens is 482 g/mol. The number of hydrogen-bond acceptors (Lipinski definition) is 1. The quantitative estimate of drug-likeness (QED) is 0.234. The highest BCUT2D eigenvalue weighted by molar-refractivity contribution is 5.89. The van der Waals surface area contributed by atoms with Gasteiger partial charge < -0.3 is 5.32 Å². The van der Waals surface area contributed by atoms with Gasteiger partial charge >= 0.3 is 0 Å². The zero-order valence-electron chi connectivity index (χ0n) is 22.2. The lowest BCUT2D eigenvalue weighted by molar-refractivity contribution is 0.769. The molecule has 0 bridgehead atoms. The Morgan fingerprint density at radius 1 is 0.500 bits per heavy atom. The molecule has 1 aliphatic rings. The molecule has 190 valence electrons. The summed E-state index contributed by atoms with van der Waals surface area (Å²) < 4.78 is 0. The molecule has 0 unspecified atom stereocenters. The van der Waals surface area contributed by atoms with Crippen LogP contribution in [-0.4, -0.2) is 0 Å². The van der Waals surface area contributed by atoms with Gasteiger partial charge in [-0.2, -0.15) is 0 Å². The predicted molar refractivity (Wildman–Crippen MR) is 169 cm³/mol. The highest BCUT2D eigenvalue weighted by Gasteiger charge is 2.46. The zero-order valence-corrected chi connectivity index (χ0v) is 22.2. The van der Waals surface area contributed by atoms with Crippen molar-refractivity contribution in [1.82, 2.24) is 0 Å². The first kappa shape index (κ1) is 23.9. The molecule has 0 atom stereocenters. The second kappa shape index (κ2) is 9.87. The van der Waals surface area contributed by atoms with Gasteiger partial charge in [-0.15, -0.1) is 0 Å².